The predicted molar refractivity (Wildman–Crippen MR) is 91.1 cm³/mol. The third-order valence-electron chi connectivity index (χ3n) is 4.62. The molecule has 1 amide bonds. The Balaban J connectivity index is 1.66. The largest absolute Gasteiger partial charge is 0.339 e. The fourth-order valence-electron chi connectivity index (χ4n) is 3.40. The Bertz CT molecular complexity index is 863. The summed E-state index contributed by atoms with van der Waals surface area (Å²) in [6.45, 7) is 2.99. The molecule has 0 N–H and O–H groups in total. The Morgan fingerprint density at radius 3 is 2.48 bits per heavy atom. The zero-order valence-electron chi connectivity index (χ0n) is 13.9. The molecule has 0 aliphatic carbocycles. The lowest BCUT2D eigenvalue weighted by molar-refractivity contribution is 0.0788. The summed E-state index contributed by atoms with van der Waals surface area (Å²) in [5.41, 5.74) is 1.82. The smallest absolute Gasteiger partial charge is 0.254 e. The number of hydrogen-bond acceptors (Lipinski definition) is 5. The number of rotatable bonds is 3. The molecule has 25 heavy (non-hydrogen) atoms. The topological polar surface area (TPSA) is 72.1 Å². The van der Waals surface area contributed by atoms with E-state index in [9.17, 15) is 4.79 Å². The quantitative estimate of drug-likeness (QED) is 0.736. The van der Waals surface area contributed by atoms with Crippen LogP contribution in [-0.4, -0.2) is 39.0 Å². The van der Waals surface area contributed by atoms with Gasteiger partial charge in [-0.05, 0) is 24.6 Å². The Kier molecular flexibility index (Phi) is 4.01. The first-order chi connectivity index (χ1) is 12.2. The van der Waals surface area contributed by atoms with Gasteiger partial charge in [-0.25, -0.2) is 0 Å². The third-order valence-corrected chi connectivity index (χ3v) is 4.62. The molecule has 3 aromatic rings. The summed E-state index contributed by atoms with van der Waals surface area (Å²) in [4.78, 5) is 23.1. The molecule has 1 saturated heterocycles. The molecule has 0 unspecified atom stereocenters. The highest BCUT2D eigenvalue weighted by Crippen LogP contribution is 2.39. The molecule has 2 aromatic heterocycles. The molecule has 3 heterocycles. The van der Waals surface area contributed by atoms with E-state index < -0.39 is 0 Å². The summed E-state index contributed by atoms with van der Waals surface area (Å²) in [5, 5.41) is 3.92. The van der Waals surface area contributed by atoms with Gasteiger partial charge >= 0.3 is 0 Å². The summed E-state index contributed by atoms with van der Waals surface area (Å²) in [5.74, 6) is 1.33. The van der Waals surface area contributed by atoms with E-state index in [0.29, 0.717) is 30.4 Å². The van der Waals surface area contributed by atoms with Gasteiger partial charge in [-0.1, -0.05) is 35.5 Å². The average molecular weight is 334 g/mol. The lowest BCUT2D eigenvalue weighted by Crippen LogP contribution is -2.28. The van der Waals surface area contributed by atoms with Crippen molar-refractivity contribution in [2.24, 2.45) is 0 Å². The van der Waals surface area contributed by atoms with Gasteiger partial charge in [0, 0.05) is 37.0 Å². The first-order valence-corrected chi connectivity index (χ1v) is 8.27. The number of amides is 1. The molecule has 6 heteroatoms. The molecule has 0 spiro atoms. The lowest BCUT2D eigenvalue weighted by Gasteiger charge is -2.16. The third kappa shape index (κ3) is 3.03. The van der Waals surface area contributed by atoms with Crippen molar-refractivity contribution in [2.45, 2.75) is 18.8 Å². The van der Waals surface area contributed by atoms with E-state index in [0.717, 1.165) is 0 Å². The Hall–Kier alpha value is -3.02. The normalized spacial score (nSPS) is 20.0. The van der Waals surface area contributed by atoms with Gasteiger partial charge in [-0.15, -0.1) is 0 Å². The van der Waals surface area contributed by atoms with Crippen molar-refractivity contribution in [3.05, 3.63) is 77.7 Å². The van der Waals surface area contributed by atoms with Gasteiger partial charge in [0.25, 0.3) is 5.91 Å². The molecule has 1 aliphatic rings. The number of nitrogens with zero attached hydrogens (tertiary/aromatic N) is 4. The molecular weight excluding hydrogens is 316 g/mol. The molecule has 2 atom stereocenters. The maximum absolute atomic E-state index is 12.8. The Morgan fingerprint density at radius 1 is 1.08 bits per heavy atom. The summed E-state index contributed by atoms with van der Waals surface area (Å²) < 4.78 is 5.42. The second kappa shape index (κ2) is 6.47. The summed E-state index contributed by atoms with van der Waals surface area (Å²) in [6.07, 6.45) is 3.27. The first-order valence-electron chi connectivity index (χ1n) is 8.27. The second-order valence-electron chi connectivity index (χ2n) is 6.25. The number of carbonyl (C=O) groups excluding carboxylic acids is 1. The van der Waals surface area contributed by atoms with Crippen LogP contribution in [0.4, 0.5) is 0 Å². The van der Waals surface area contributed by atoms with Gasteiger partial charge in [-0.3, -0.25) is 9.78 Å². The monoisotopic (exact) mass is 334 g/mol. The van der Waals surface area contributed by atoms with Crippen LogP contribution < -0.4 is 0 Å². The van der Waals surface area contributed by atoms with Crippen molar-refractivity contribution in [1.82, 2.24) is 20.0 Å². The summed E-state index contributed by atoms with van der Waals surface area (Å²) >= 11 is 0. The van der Waals surface area contributed by atoms with E-state index in [4.69, 9.17) is 4.52 Å². The number of benzene rings is 1. The van der Waals surface area contributed by atoms with Crippen LogP contribution in [0.2, 0.25) is 0 Å². The molecule has 126 valence electrons. The van der Waals surface area contributed by atoms with E-state index in [2.05, 4.69) is 27.3 Å². The van der Waals surface area contributed by atoms with E-state index in [-0.39, 0.29) is 17.7 Å². The summed E-state index contributed by atoms with van der Waals surface area (Å²) in [7, 11) is 0. The highest BCUT2D eigenvalue weighted by atomic mass is 16.5. The first kappa shape index (κ1) is 15.5. The van der Waals surface area contributed by atoms with Crippen LogP contribution >= 0.6 is 0 Å². The molecule has 0 bridgehead atoms. The van der Waals surface area contributed by atoms with Crippen molar-refractivity contribution in [1.29, 1.82) is 0 Å². The van der Waals surface area contributed by atoms with Crippen molar-refractivity contribution >= 4 is 5.91 Å². The van der Waals surface area contributed by atoms with Gasteiger partial charge in [0.1, 0.15) is 0 Å². The van der Waals surface area contributed by atoms with Crippen LogP contribution in [0.5, 0.6) is 0 Å². The predicted octanol–water partition coefficient (Wildman–Crippen LogP) is 2.80. The van der Waals surface area contributed by atoms with E-state index in [1.165, 1.54) is 5.56 Å². The molecular formula is C19H18N4O2. The number of pyridine rings is 1. The zero-order valence-corrected chi connectivity index (χ0v) is 13.9. The number of aromatic nitrogens is 3. The van der Waals surface area contributed by atoms with Crippen LogP contribution in [-0.2, 0) is 0 Å². The molecule has 0 radical (unpaired) electrons. The summed E-state index contributed by atoms with van der Waals surface area (Å²) in [6, 6.07) is 13.7. The van der Waals surface area contributed by atoms with Crippen molar-refractivity contribution < 1.29 is 9.32 Å². The Morgan fingerprint density at radius 2 is 1.80 bits per heavy atom. The number of carbonyl (C=O) groups is 1. The standard InChI is InChI=1S/C19H18N4O2/c1-13-21-18(25-22-13)17-12-23(19(24)15-7-9-20-10-8-15)11-16(17)14-5-3-2-4-6-14/h2-10,16-17H,11-12H2,1H3/t16-,17-/m0/s1. The number of hydrogen-bond donors (Lipinski definition) is 0. The van der Waals surface area contributed by atoms with E-state index in [1.54, 1.807) is 31.5 Å². The minimum Gasteiger partial charge on any atom is -0.339 e. The van der Waals surface area contributed by atoms with Gasteiger partial charge in [0.05, 0.1) is 5.92 Å². The maximum atomic E-state index is 12.8. The zero-order chi connectivity index (χ0) is 17.2. The fourth-order valence-corrected chi connectivity index (χ4v) is 3.40. The SMILES string of the molecule is Cc1noc([C@H]2CN(C(=O)c3ccncc3)C[C@H]2c2ccccc2)n1. The van der Waals surface area contributed by atoms with Crippen LogP contribution in [0.1, 0.15) is 39.5 Å². The van der Waals surface area contributed by atoms with Gasteiger partial charge in [0.2, 0.25) is 5.89 Å². The molecule has 0 saturated carbocycles. The number of likely N-dealkylation sites (tertiary alicyclic amines) is 1. The average Bonchev–Trinajstić information content (AvgIpc) is 3.29. The number of aryl methyl sites for hydroxylation is 1. The van der Waals surface area contributed by atoms with Crippen LogP contribution in [0.25, 0.3) is 0 Å². The van der Waals surface area contributed by atoms with E-state index >= 15 is 0 Å². The van der Waals surface area contributed by atoms with Crippen LogP contribution in [0.3, 0.4) is 0 Å². The minimum atomic E-state index is -0.00520. The van der Waals surface area contributed by atoms with Crippen molar-refractivity contribution in [3.63, 3.8) is 0 Å². The lowest BCUT2D eigenvalue weighted by atomic mass is 9.89. The van der Waals surface area contributed by atoms with E-state index in [1.807, 2.05) is 23.1 Å². The van der Waals surface area contributed by atoms with Crippen LogP contribution in [0, 0.1) is 6.92 Å². The van der Waals surface area contributed by atoms with Crippen molar-refractivity contribution in [3.8, 4) is 0 Å². The molecule has 1 aromatic carbocycles. The highest BCUT2D eigenvalue weighted by Gasteiger charge is 2.40. The Labute approximate surface area is 145 Å². The second-order valence-corrected chi connectivity index (χ2v) is 6.25. The van der Waals surface area contributed by atoms with Gasteiger partial charge < -0.3 is 9.42 Å². The molecule has 1 aliphatic heterocycles. The fraction of sp³-hybridized carbons (Fsp3) is 0.263. The van der Waals surface area contributed by atoms with Crippen LogP contribution in [0.15, 0.2) is 59.4 Å². The maximum Gasteiger partial charge on any atom is 0.254 e. The van der Waals surface area contributed by atoms with Crippen molar-refractivity contribution in [2.75, 3.05) is 13.1 Å². The molecule has 4 rings (SSSR count). The van der Waals surface area contributed by atoms with Gasteiger partial charge in [-0.2, -0.15) is 4.98 Å². The van der Waals surface area contributed by atoms with Gasteiger partial charge in [0.15, 0.2) is 5.82 Å². The molecule has 6 nitrogen and oxygen atoms in total. The minimum absolute atomic E-state index is 0.00192. The highest BCUT2D eigenvalue weighted by molar-refractivity contribution is 5.94. The molecule has 1 fully saturated rings.